The van der Waals surface area contributed by atoms with E-state index in [0.29, 0.717) is 16.5 Å². The lowest BCUT2D eigenvalue weighted by Gasteiger charge is -2.29. The van der Waals surface area contributed by atoms with E-state index in [1.165, 1.54) is 0 Å². The maximum absolute atomic E-state index is 9.80. The molecule has 2 aromatic carbocycles. The fourth-order valence-electron chi connectivity index (χ4n) is 2.28. The Hall–Kier alpha value is -1.02. The van der Waals surface area contributed by atoms with E-state index in [2.05, 4.69) is 0 Å². The molecule has 1 nitrogen and oxygen atoms in total. The number of halogens is 2. The molecule has 1 atom stereocenters. The van der Waals surface area contributed by atoms with Crippen LogP contribution < -0.4 is 0 Å². The predicted molar refractivity (Wildman–Crippen MR) is 81.0 cm³/mol. The van der Waals surface area contributed by atoms with E-state index in [1.54, 1.807) is 0 Å². The van der Waals surface area contributed by atoms with Crippen LogP contribution in [0.25, 0.3) is 0 Å². The SMILES string of the molecule is CC(CO)(Cc1cccc(Cl)c1)c1ccccc1Cl. The van der Waals surface area contributed by atoms with Crippen molar-refractivity contribution in [3.05, 3.63) is 69.7 Å². The summed E-state index contributed by atoms with van der Waals surface area (Å²) in [5.74, 6) is 0. The highest BCUT2D eigenvalue weighted by Gasteiger charge is 2.28. The van der Waals surface area contributed by atoms with Crippen LogP contribution >= 0.6 is 23.2 Å². The fraction of sp³-hybridized carbons (Fsp3) is 0.250. The summed E-state index contributed by atoms with van der Waals surface area (Å²) in [6.07, 6.45) is 0.688. The van der Waals surface area contributed by atoms with Crippen molar-refractivity contribution < 1.29 is 5.11 Å². The molecule has 0 heterocycles. The molecule has 3 heteroatoms. The van der Waals surface area contributed by atoms with Gasteiger partial charge in [-0.1, -0.05) is 60.5 Å². The molecule has 0 radical (unpaired) electrons. The third kappa shape index (κ3) is 3.30. The highest BCUT2D eigenvalue weighted by Crippen LogP contribution is 2.33. The molecular weight excluding hydrogens is 279 g/mol. The van der Waals surface area contributed by atoms with Gasteiger partial charge in [0.05, 0.1) is 6.61 Å². The fourth-order valence-corrected chi connectivity index (χ4v) is 2.86. The molecule has 2 aromatic rings. The van der Waals surface area contributed by atoms with E-state index < -0.39 is 5.41 Å². The topological polar surface area (TPSA) is 20.2 Å². The Kier molecular flexibility index (Phi) is 4.51. The molecule has 0 saturated heterocycles. The van der Waals surface area contributed by atoms with Crippen molar-refractivity contribution in [3.8, 4) is 0 Å². The largest absolute Gasteiger partial charge is 0.395 e. The van der Waals surface area contributed by atoms with Crippen LogP contribution in [0.4, 0.5) is 0 Å². The minimum absolute atomic E-state index is 0.0310. The summed E-state index contributed by atoms with van der Waals surface area (Å²) in [5.41, 5.74) is 1.63. The molecule has 19 heavy (non-hydrogen) atoms. The summed E-state index contributed by atoms with van der Waals surface area (Å²) in [4.78, 5) is 0. The molecule has 0 bridgehead atoms. The van der Waals surface area contributed by atoms with Gasteiger partial charge in [-0.25, -0.2) is 0 Å². The van der Waals surface area contributed by atoms with Crippen LogP contribution in [-0.2, 0) is 11.8 Å². The van der Waals surface area contributed by atoms with Crippen molar-refractivity contribution in [2.45, 2.75) is 18.8 Å². The molecule has 0 amide bonds. The standard InChI is InChI=1S/C16H16Cl2O/c1-16(11-19,14-7-2-3-8-15(14)18)10-12-5-4-6-13(17)9-12/h2-9,19H,10-11H2,1H3. The van der Waals surface area contributed by atoms with Crippen LogP contribution in [0.1, 0.15) is 18.1 Å². The van der Waals surface area contributed by atoms with E-state index in [9.17, 15) is 5.11 Å². The molecule has 1 N–H and O–H groups in total. The molecule has 0 aliphatic heterocycles. The second-order valence-electron chi connectivity index (χ2n) is 5.01. The number of rotatable bonds is 4. The Morgan fingerprint density at radius 2 is 1.79 bits per heavy atom. The second-order valence-corrected chi connectivity index (χ2v) is 5.85. The first-order chi connectivity index (χ1) is 9.05. The number of aliphatic hydroxyl groups is 1. The van der Waals surface area contributed by atoms with Crippen LogP contribution in [0.15, 0.2) is 48.5 Å². The summed E-state index contributed by atoms with van der Waals surface area (Å²) in [6.45, 7) is 2.04. The average molecular weight is 295 g/mol. The first-order valence-electron chi connectivity index (χ1n) is 6.15. The monoisotopic (exact) mass is 294 g/mol. The van der Waals surface area contributed by atoms with Crippen LogP contribution in [0.3, 0.4) is 0 Å². The molecule has 0 fully saturated rings. The van der Waals surface area contributed by atoms with Crippen LogP contribution in [-0.4, -0.2) is 11.7 Å². The summed E-state index contributed by atoms with van der Waals surface area (Å²) in [5, 5.41) is 11.2. The van der Waals surface area contributed by atoms with Gasteiger partial charge in [0.25, 0.3) is 0 Å². The lowest BCUT2D eigenvalue weighted by Crippen LogP contribution is -2.29. The van der Waals surface area contributed by atoms with Crippen molar-refractivity contribution in [2.24, 2.45) is 0 Å². The maximum Gasteiger partial charge on any atom is 0.0529 e. The molecule has 0 aliphatic rings. The lowest BCUT2D eigenvalue weighted by molar-refractivity contribution is 0.205. The van der Waals surface area contributed by atoms with Gasteiger partial charge < -0.3 is 5.11 Å². The van der Waals surface area contributed by atoms with Crippen LogP contribution in [0.2, 0.25) is 10.0 Å². The van der Waals surface area contributed by atoms with Gasteiger partial charge in [0.2, 0.25) is 0 Å². The van der Waals surface area contributed by atoms with Crippen molar-refractivity contribution in [2.75, 3.05) is 6.61 Å². The van der Waals surface area contributed by atoms with Gasteiger partial charge in [0.1, 0.15) is 0 Å². The Balaban J connectivity index is 2.36. The maximum atomic E-state index is 9.80. The Bertz CT molecular complexity index is 568. The van der Waals surface area contributed by atoms with Crippen molar-refractivity contribution in [1.82, 2.24) is 0 Å². The number of hydrogen-bond donors (Lipinski definition) is 1. The van der Waals surface area contributed by atoms with E-state index in [1.807, 2.05) is 55.5 Å². The molecule has 0 aliphatic carbocycles. The molecule has 1 unspecified atom stereocenters. The second kappa shape index (κ2) is 5.96. The number of hydrogen-bond acceptors (Lipinski definition) is 1. The smallest absolute Gasteiger partial charge is 0.0529 e. The molecule has 0 aromatic heterocycles. The zero-order valence-electron chi connectivity index (χ0n) is 10.7. The van der Waals surface area contributed by atoms with Gasteiger partial charge >= 0.3 is 0 Å². The lowest BCUT2D eigenvalue weighted by atomic mass is 9.78. The minimum Gasteiger partial charge on any atom is -0.395 e. The van der Waals surface area contributed by atoms with Crippen molar-refractivity contribution >= 4 is 23.2 Å². The Labute approximate surface area is 123 Å². The third-order valence-electron chi connectivity index (χ3n) is 3.36. The molecule has 0 spiro atoms. The summed E-state index contributed by atoms with van der Waals surface area (Å²) in [6, 6.07) is 15.3. The quantitative estimate of drug-likeness (QED) is 0.881. The summed E-state index contributed by atoms with van der Waals surface area (Å²) in [7, 11) is 0. The van der Waals surface area contributed by atoms with E-state index in [0.717, 1.165) is 11.1 Å². The van der Waals surface area contributed by atoms with E-state index >= 15 is 0 Å². The highest BCUT2D eigenvalue weighted by molar-refractivity contribution is 6.31. The number of benzene rings is 2. The van der Waals surface area contributed by atoms with Gasteiger partial charge in [-0.15, -0.1) is 0 Å². The first-order valence-corrected chi connectivity index (χ1v) is 6.91. The van der Waals surface area contributed by atoms with Crippen LogP contribution in [0, 0.1) is 0 Å². The molecular formula is C16H16Cl2O. The summed E-state index contributed by atoms with van der Waals surface area (Å²) < 4.78 is 0. The number of aliphatic hydroxyl groups excluding tert-OH is 1. The van der Waals surface area contributed by atoms with Crippen molar-refractivity contribution in [3.63, 3.8) is 0 Å². The van der Waals surface area contributed by atoms with Gasteiger partial charge in [0, 0.05) is 15.5 Å². The van der Waals surface area contributed by atoms with Gasteiger partial charge in [-0.3, -0.25) is 0 Å². The normalized spacial score (nSPS) is 14.1. The van der Waals surface area contributed by atoms with Gasteiger partial charge in [0.15, 0.2) is 0 Å². The van der Waals surface area contributed by atoms with Gasteiger partial charge in [-0.2, -0.15) is 0 Å². The Morgan fingerprint density at radius 1 is 1.05 bits per heavy atom. The first kappa shape index (κ1) is 14.4. The molecule has 2 rings (SSSR count). The molecule has 100 valence electrons. The van der Waals surface area contributed by atoms with E-state index in [-0.39, 0.29) is 6.61 Å². The highest BCUT2D eigenvalue weighted by atomic mass is 35.5. The minimum atomic E-state index is -0.414. The zero-order valence-corrected chi connectivity index (χ0v) is 12.2. The Morgan fingerprint density at radius 3 is 2.42 bits per heavy atom. The van der Waals surface area contributed by atoms with E-state index in [4.69, 9.17) is 23.2 Å². The zero-order chi connectivity index (χ0) is 13.9. The van der Waals surface area contributed by atoms with Crippen LogP contribution in [0.5, 0.6) is 0 Å². The van der Waals surface area contributed by atoms with Gasteiger partial charge in [-0.05, 0) is 35.7 Å². The molecule has 0 saturated carbocycles. The summed E-state index contributed by atoms with van der Waals surface area (Å²) >= 11 is 12.3. The van der Waals surface area contributed by atoms with Crippen molar-refractivity contribution in [1.29, 1.82) is 0 Å². The predicted octanol–water partition coefficient (Wildman–Crippen LogP) is 4.49. The third-order valence-corrected chi connectivity index (χ3v) is 3.92. The average Bonchev–Trinajstić information content (AvgIpc) is 2.39.